The van der Waals surface area contributed by atoms with E-state index in [1.165, 1.54) is 22.0 Å². The highest BCUT2D eigenvalue weighted by Crippen LogP contribution is 2.33. The molecule has 168 valence electrons. The van der Waals surface area contributed by atoms with Gasteiger partial charge in [0.05, 0.1) is 22.4 Å². The molecule has 3 aromatic rings. The molecule has 2 aliphatic rings. The number of carbonyl (C=O) groups excluding carboxylic acids is 1. The molecule has 0 amide bonds. The van der Waals surface area contributed by atoms with Gasteiger partial charge in [-0.15, -0.1) is 0 Å². The molecule has 0 fully saturated rings. The molecular formula is C24H19FN2O5S. The van der Waals surface area contributed by atoms with Crippen LogP contribution in [0, 0.1) is 5.82 Å². The van der Waals surface area contributed by atoms with Crippen molar-refractivity contribution in [2.45, 2.75) is 19.9 Å². The predicted octanol–water partition coefficient (Wildman–Crippen LogP) is 2.67. The summed E-state index contributed by atoms with van der Waals surface area (Å²) in [4.78, 5) is 31.2. The normalized spacial score (nSPS) is 17.1. The summed E-state index contributed by atoms with van der Waals surface area (Å²) < 4.78 is 32.6. The summed E-state index contributed by atoms with van der Waals surface area (Å²) in [5, 5.41) is 0. The molecule has 0 saturated heterocycles. The second-order valence-corrected chi connectivity index (χ2v) is 8.45. The molecule has 5 rings (SSSR count). The van der Waals surface area contributed by atoms with E-state index >= 15 is 0 Å². The monoisotopic (exact) mass is 466 g/mol. The van der Waals surface area contributed by atoms with Gasteiger partial charge in [-0.25, -0.2) is 14.2 Å². The Bertz CT molecular complexity index is 1490. The number of thiazole rings is 1. The standard InChI is InChI=1S/C24H19FN2O5S/c1-3-30-23(29)20-13(2)26-24-27(21(20)15-6-4-5-7-16(15)25)22(28)19(33-24)11-14-8-9-17-18(10-14)32-12-31-17/h4-11,21H,3,12H2,1-2H3/b19-11+/t21-/m1/s1. The van der Waals surface area contributed by atoms with Crippen LogP contribution in [-0.4, -0.2) is 23.9 Å². The Hall–Kier alpha value is -3.72. The minimum Gasteiger partial charge on any atom is -0.463 e. The zero-order valence-corrected chi connectivity index (χ0v) is 18.6. The number of fused-ring (bicyclic) bond motifs is 2. The number of ether oxygens (including phenoxy) is 3. The largest absolute Gasteiger partial charge is 0.463 e. The van der Waals surface area contributed by atoms with Crippen molar-refractivity contribution < 1.29 is 23.4 Å². The number of rotatable bonds is 4. The van der Waals surface area contributed by atoms with Crippen molar-refractivity contribution in [3.8, 4) is 11.5 Å². The van der Waals surface area contributed by atoms with Crippen LogP contribution < -0.4 is 24.4 Å². The van der Waals surface area contributed by atoms with Gasteiger partial charge in [0.1, 0.15) is 11.9 Å². The quantitative estimate of drug-likeness (QED) is 0.553. The third-order valence-corrected chi connectivity index (χ3v) is 6.39. The molecular weight excluding hydrogens is 447 g/mol. The summed E-state index contributed by atoms with van der Waals surface area (Å²) in [6, 6.07) is 10.5. The Morgan fingerprint density at radius 1 is 1.27 bits per heavy atom. The first-order valence-corrected chi connectivity index (χ1v) is 11.1. The van der Waals surface area contributed by atoms with E-state index in [1.807, 2.05) is 6.07 Å². The van der Waals surface area contributed by atoms with Gasteiger partial charge in [0, 0.05) is 5.56 Å². The molecule has 0 spiro atoms. The highest BCUT2D eigenvalue weighted by atomic mass is 32.1. The van der Waals surface area contributed by atoms with Gasteiger partial charge in [-0.2, -0.15) is 0 Å². The van der Waals surface area contributed by atoms with Crippen LogP contribution in [-0.2, 0) is 9.53 Å². The number of nitrogens with zero attached hydrogens (tertiary/aromatic N) is 2. The Balaban J connectivity index is 1.71. The van der Waals surface area contributed by atoms with E-state index in [1.54, 1.807) is 50.3 Å². The van der Waals surface area contributed by atoms with Crippen LogP contribution in [0.2, 0.25) is 0 Å². The maximum Gasteiger partial charge on any atom is 0.338 e. The lowest BCUT2D eigenvalue weighted by Gasteiger charge is -2.24. The average molecular weight is 466 g/mol. The molecule has 0 radical (unpaired) electrons. The summed E-state index contributed by atoms with van der Waals surface area (Å²) >= 11 is 1.17. The Kier molecular flexibility index (Phi) is 5.33. The number of halogens is 1. The van der Waals surface area contributed by atoms with Crippen LogP contribution in [0.25, 0.3) is 6.08 Å². The molecule has 33 heavy (non-hydrogen) atoms. The lowest BCUT2D eigenvalue weighted by Crippen LogP contribution is -2.40. The first kappa shape index (κ1) is 21.1. The number of benzene rings is 2. The van der Waals surface area contributed by atoms with Crippen LogP contribution >= 0.6 is 11.3 Å². The van der Waals surface area contributed by atoms with Crippen molar-refractivity contribution in [3.63, 3.8) is 0 Å². The number of allylic oxidation sites excluding steroid dienone is 1. The summed E-state index contributed by atoms with van der Waals surface area (Å²) in [6.07, 6.45) is 1.72. The van der Waals surface area contributed by atoms with Crippen LogP contribution in [0.5, 0.6) is 11.5 Å². The van der Waals surface area contributed by atoms with Gasteiger partial charge >= 0.3 is 5.97 Å². The molecule has 1 aromatic heterocycles. The van der Waals surface area contributed by atoms with Crippen molar-refractivity contribution in [2.75, 3.05) is 13.4 Å². The lowest BCUT2D eigenvalue weighted by molar-refractivity contribution is -0.139. The van der Waals surface area contributed by atoms with Crippen LogP contribution in [0.1, 0.15) is 31.0 Å². The van der Waals surface area contributed by atoms with E-state index in [-0.39, 0.29) is 30.1 Å². The van der Waals surface area contributed by atoms with Crippen LogP contribution in [0.3, 0.4) is 0 Å². The van der Waals surface area contributed by atoms with Crippen LogP contribution in [0.4, 0.5) is 4.39 Å². The van der Waals surface area contributed by atoms with E-state index in [2.05, 4.69) is 4.99 Å². The molecule has 7 nitrogen and oxygen atoms in total. The van der Waals surface area contributed by atoms with Gasteiger partial charge < -0.3 is 14.2 Å². The first-order valence-electron chi connectivity index (χ1n) is 10.3. The fourth-order valence-electron chi connectivity index (χ4n) is 3.94. The maximum absolute atomic E-state index is 14.9. The SMILES string of the molecule is CCOC(=O)C1=C(C)N=c2s/c(=C/c3ccc4c(c3)OCO4)c(=O)n2[C@@H]1c1ccccc1F. The van der Waals surface area contributed by atoms with Gasteiger partial charge in [-0.05, 0) is 43.7 Å². The second-order valence-electron chi connectivity index (χ2n) is 7.44. The third-order valence-electron chi connectivity index (χ3n) is 5.41. The summed E-state index contributed by atoms with van der Waals surface area (Å²) in [6.45, 7) is 3.65. The number of esters is 1. The zero-order valence-electron chi connectivity index (χ0n) is 17.8. The van der Waals surface area contributed by atoms with Crippen molar-refractivity contribution in [1.82, 2.24) is 4.57 Å². The van der Waals surface area contributed by atoms with Gasteiger partial charge in [-0.1, -0.05) is 35.6 Å². The van der Waals surface area contributed by atoms with Gasteiger partial charge in [-0.3, -0.25) is 9.36 Å². The second kappa shape index (κ2) is 8.32. The average Bonchev–Trinajstić information content (AvgIpc) is 3.37. The fourth-order valence-corrected chi connectivity index (χ4v) is 4.98. The van der Waals surface area contributed by atoms with Crippen molar-refractivity contribution in [2.24, 2.45) is 4.99 Å². The van der Waals surface area contributed by atoms with E-state index in [0.717, 1.165) is 5.56 Å². The van der Waals surface area contributed by atoms with Crippen molar-refractivity contribution in [1.29, 1.82) is 0 Å². The number of hydrogen-bond acceptors (Lipinski definition) is 7. The third kappa shape index (κ3) is 3.64. The molecule has 1 atom stereocenters. The highest BCUT2D eigenvalue weighted by Gasteiger charge is 2.34. The van der Waals surface area contributed by atoms with E-state index < -0.39 is 17.8 Å². The molecule has 2 aromatic carbocycles. The zero-order chi connectivity index (χ0) is 23.1. The van der Waals surface area contributed by atoms with Crippen molar-refractivity contribution in [3.05, 3.63) is 90.4 Å². The van der Waals surface area contributed by atoms with E-state index in [9.17, 15) is 14.0 Å². The molecule has 0 N–H and O–H groups in total. The van der Waals surface area contributed by atoms with E-state index in [0.29, 0.717) is 26.5 Å². The summed E-state index contributed by atoms with van der Waals surface area (Å²) in [7, 11) is 0. The number of aromatic nitrogens is 1. The highest BCUT2D eigenvalue weighted by molar-refractivity contribution is 7.07. The van der Waals surface area contributed by atoms with Crippen LogP contribution in [0.15, 0.2) is 63.5 Å². The maximum atomic E-state index is 14.9. The first-order chi connectivity index (χ1) is 16.0. The molecule has 0 unspecified atom stereocenters. The molecule has 2 aliphatic heterocycles. The summed E-state index contributed by atoms with van der Waals surface area (Å²) in [5.41, 5.74) is 1.10. The number of hydrogen-bond donors (Lipinski definition) is 0. The molecule has 9 heteroatoms. The molecule has 3 heterocycles. The fraction of sp³-hybridized carbons (Fsp3) is 0.208. The Labute approximate surface area is 191 Å². The Morgan fingerprint density at radius 2 is 2.06 bits per heavy atom. The smallest absolute Gasteiger partial charge is 0.338 e. The lowest BCUT2D eigenvalue weighted by atomic mass is 9.95. The van der Waals surface area contributed by atoms with Gasteiger partial charge in [0.15, 0.2) is 16.3 Å². The summed E-state index contributed by atoms with van der Waals surface area (Å²) in [5.74, 6) is 0.0884. The molecule has 0 aliphatic carbocycles. The van der Waals surface area contributed by atoms with E-state index in [4.69, 9.17) is 14.2 Å². The molecule has 0 bridgehead atoms. The predicted molar refractivity (Wildman–Crippen MR) is 119 cm³/mol. The number of carbonyl (C=O) groups is 1. The van der Waals surface area contributed by atoms with Gasteiger partial charge in [0.25, 0.3) is 5.56 Å². The van der Waals surface area contributed by atoms with Gasteiger partial charge in [0.2, 0.25) is 6.79 Å². The van der Waals surface area contributed by atoms with Crippen molar-refractivity contribution >= 4 is 23.4 Å². The Morgan fingerprint density at radius 3 is 2.85 bits per heavy atom. The minimum atomic E-state index is -0.986. The topological polar surface area (TPSA) is 79.1 Å². The minimum absolute atomic E-state index is 0.143. The molecule has 0 saturated carbocycles.